The Kier molecular flexibility index (Phi) is 17.5. The molecule has 0 atom stereocenters. The molecule has 0 bridgehead atoms. The van der Waals surface area contributed by atoms with Gasteiger partial charge < -0.3 is 29.8 Å². The fraction of sp³-hybridized carbons (Fsp3) is 0.704. The first-order chi connectivity index (χ1) is 19.0. The fourth-order valence-electron chi connectivity index (χ4n) is 3.64. The van der Waals surface area contributed by atoms with Gasteiger partial charge in [0.2, 0.25) is 11.8 Å². The van der Waals surface area contributed by atoms with Crippen LogP contribution in [0.1, 0.15) is 25.8 Å². The van der Waals surface area contributed by atoms with Gasteiger partial charge in [-0.15, -0.1) is 0 Å². The Morgan fingerprint density at radius 3 is 2.17 bits per heavy atom. The molecule has 0 aliphatic carbocycles. The summed E-state index contributed by atoms with van der Waals surface area (Å²) in [5.74, 6) is -0.646. The Balaban J connectivity index is 2.10. The number of rotatable bonds is 22. The third-order valence-corrected chi connectivity index (χ3v) is 6.10. The number of hydrogen-bond donors (Lipinski definition) is 3. The second-order valence-electron chi connectivity index (χ2n) is 9.76. The molecule has 40 heavy (non-hydrogen) atoms. The van der Waals surface area contributed by atoms with Gasteiger partial charge in [-0.1, -0.05) is 13.8 Å². The average Bonchev–Trinajstić information content (AvgIpc) is 3.21. The maximum atomic E-state index is 12.3. The van der Waals surface area contributed by atoms with Crippen LogP contribution in [0.5, 0.6) is 5.88 Å². The summed E-state index contributed by atoms with van der Waals surface area (Å²) in [7, 11) is 3.67. The van der Waals surface area contributed by atoms with E-state index in [0.717, 1.165) is 12.1 Å². The van der Waals surface area contributed by atoms with E-state index < -0.39 is 0 Å². The molecule has 2 amide bonds. The first-order valence-electron chi connectivity index (χ1n) is 13.8. The molecule has 0 fully saturated rings. The van der Waals surface area contributed by atoms with E-state index in [9.17, 15) is 24.3 Å². The van der Waals surface area contributed by atoms with E-state index in [2.05, 4.69) is 10.6 Å². The van der Waals surface area contributed by atoms with E-state index in [0.29, 0.717) is 52.5 Å². The van der Waals surface area contributed by atoms with Crippen molar-refractivity contribution in [3.05, 3.63) is 17.8 Å². The number of Topliss-reactive ketones (excluding diaryl/α,β-unsaturated/α-hetero) is 1. The molecule has 228 valence electrons. The molecular formula is C27H48N6O7. The maximum absolute atomic E-state index is 12.3. The van der Waals surface area contributed by atoms with Gasteiger partial charge in [-0.2, -0.15) is 0 Å². The van der Waals surface area contributed by atoms with Crippen LogP contribution in [0.4, 0.5) is 0 Å². The second kappa shape index (κ2) is 20.0. The number of carbonyl (C=O) groups is 4. The molecule has 0 aliphatic heterocycles. The van der Waals surface area contributed by atoms with Crippen LogP contribution in [0.25, 0.3) is 0 Å². The monoisotopic (exact) mass is 568 g/mol. The van der Waals surface area contributed by atoms with Crippen LogP contribution >= 0.6 is 0 Å². The zero-order valence-corrected chi connectivity index (χ0v) is 24.7. The van der Waals surface area contributed by atoms with Crippen LogP contribution in [0.3, 0.4) is 0 Å². The van der Waals surface area contributed by atoms with Crippen molar-refractivity contribution in [2.75, 3.05) is 92.8 Å². The van der Waals surface area contributed by atoms with Gasteiger partial charge in [-0.25, -0.2) is 0 Å². The Bertz CT molecular complexity index is 923. The van der Waals surface area contributed by atoms with Crippen molar-refractivity contribution in [1.82, 2.24) is 29.9 Å². The number of likely N-dealkylation sites (N-methyl/N-ethyl adjacent to an activating group) is 3. The molecule has 3 N–H and O–H groups in total. The fourth-order valence-corrected chi connectivity index (χ4v) is 3.64. The lowest BCUT2D eigenvalue weighted by Crippen LogP contribution is -2.42. The predicted molar refractivity (Wildman–Crippen MR) is 151 cm³/mol. The highest BCUT2D eigenvalue weighted by Gasteiger charge is 2.13. The lowest BCUT2D eigenvalue weighted by molar-refractivity contribution is -0.145. The van der Waals surface area contributed by atoms with Crippen molar-refractivity contribution in [3.63, 3.8) is 0 Å². The van der Waals surface area contributed by atoms with Crippen molar-refractivity contribution >= 4 is 23.6 Å². The van der Waals surface area contributed by atoms with Gasteiger partial charge in [-0.3, -0.25) is 33.9 Å². The van der Waals surface area contributed by atoms with Crippen LogP contribution in [0.2, 0.25) is 0 Å². The summed E-state index contributed by atoms with van der Waals surface area (Å²) in [6.45, 7) is 10.5. The summed E-state index contributed by atoms with van der Waals surface area (Å²) in [4.78, 5) is 53.7. The standard InChI is InChI=1S/C27H48N6O7/c1-6-30(4)18-23(34)8-13-40-27(38)21-31(5)11-12-32(7-2)19-24(35)28-9-14-39-15-10-29-25(36)20-33-17-22(3)16-26(33)37/h16-17,37H,6-15,18-21H2,1-5H3,(H,28,35)(H,29,36). The van der Waals surface area contributed by atoms with Gasteiger partial charge in [-0.05, 0) is 39.7 Å². The molecule has 0 spiro atoms. The Hall–Kier alpha value is -3.00. The zero-order valence-electron chi connectivity index (χ0n) is 24.7. The van der Waals surface area contributed by atoms with Crippen molar-refractivity contribution in [2.24, 2.45) is 0 Å². The average molecular weight is 569 g/mol. The topological polar surface area (TPSA) is 146 Å². The molecule has 1 rings (SSSR count). The minimum atomic E-state index is -0.380. The number of aromatic nitrogens is 1. The minimum absolute atomic E-state index is 0.0308. The molecule has 0 aromatic carbocycles. The lowest BCUT2D eigenvalue weighted by atomic mass is 10.3. The number of aromatic hydroxyl groups is 1. The summed E-state index contributed by atoms with van der Waals surface area (Å²) in [6.07, 6.45) is 1.91. The van der Waals surface area contributed by atoms with Crippen molar-refractivity contribution in [2.45, 2.75) is 33.7 Å². The summed E-state index contributed by atoms with van der Waals surface area (Å²) in [5, 5.41) is 15.2. The molecule has 0 saturated carbocycles. The van der Waals surface area contributed by atoms with E-state index in [1.165, 1.54) is 4.57 Å². The second-order valence-corrected chi connectivity index (χ2v) is 9.76. The van der Waals surface area contributed by atoms with Gasteiger partial charge in [0.05, 0.1) is 39.5 Å². The van der Waals surface area contributed by atoms with Gasteiger partial charge in [0.1, 0.15) is 12.3 Å². The predicted octanol–water partition coefficient (Wildman–Crippen LogP) is -0.541. The number of esters is 1. The van der Waals surface area contributed by atoms with E-state index in [1.807, 2.05) is 49.6 Å². The normalized spacial score (nSPS) is 11.3. The van der Waals surface area contributed by atoms with Crippen LogP contribution in [-0.4, -0.2) is 141 Å². The minimum Gasteiger partial charge on any atom is -0.494 e. The molecule has 0 saturated heterocycles. The molecule has 0 unspecified atom stereocenters. The molecule has 1 heterocycles. The van der Waals surface area contributed by atoms with Crippen molar-refractivity contribution in [3.8, 4) is 5.88 Å². The summed E-state index contributed by atoms with van der Waals surface area (Å²) < 4.78 is 12.1. The van der Waals surface area contributed by atoms with Gasteiger partial charge in [0.15, 0.2) is 5.88 Å². The molecule has 13 heteroatoms. The van der Waals surface area contributed by atoms with E-state index in [1.54, 1.807) is 12.3 Å². The van der Waals surface area contributed by atoms with Crippen molar-refractivity contribution in [1.29, 1.82) is 0 Å². The van der Waals surface area contributed by atoms with E-state index >= 15 is 0 Å². The van der Waals surface area contributed by atoms with Crippen LogP contribution in [0, 0.1) is 6.92 Å². The highest BCUT2D eigenvalue weighted by atomic mass is 16.5. The Morgan fingerprint density at radius 1 is 0.900 bits per heavy atom. The maximum Gasteiger partial charge on any atom is 0.320 e. The quantitative estimate of drug-likeness (QED) is 0.123. The Labute approximate surface area is 237 Å². The third-order valence-electron chi connectivity index (χ3n) is 6.10. The van der Waals surface area contributed by atoms with Crippen LogP contribution in [0.15, 0.2) is 12.3 Å². The number of carbonyl (C=O) groups excluding carboxylic acids is 4. The molecule has 0 aliphatic rings. The third kappa shape index (κ3) is 16.2. The summed E-state index contributed by atoms with van der Waals surface area (Å²) >= 11 is 0. The number of ether oxygens (including phenoxy) is 2. The number of amides is 2. The molecule has 1 aromatic heterocycles. The van der Waals surface area contributed by atoms with E-state index in [-0.39, 0.29) is 62.1 Å². The Morgan fingerprint density at radius 2 is 1.57 bits per heavy atom. The van der Waals surface area contributed by atoms with Gasteiger partial charge >= 0.3 is 5.97 Å². The molecule has 1 aromatic rings. The number of nitrogens with one attached hydrogen (secondary N) is 2. The van der Waals surface area contributed by atoms with Gasteiger partial charge in [0.25, 0.3) is 0 Å². The number of aryl methyl sites for hydroxylation is 1. The lowest BCUT2D eigenvalue weighted by Gasteiger charge is -2.23. The number of nitrogens with zero attached hydrogens (tertiary/aromatic N) is 4. The molecule has 13 nitrogen and oxygen atoms in total. The molecular weight excluding hydrogens is 520 g/mol. The van der Waals surface area contributed by atoms with Gasteiger partial charge in [0, 0.05) is 44.9 Å². The number of hydrogen-bond acceptors (Lipinski definition) is 10. The highest BCUT2D eigenvalue weighted by Crippen LogP contribution is 2.13. The first-order valence-corrected chi connectivity index (χ1v) is 13.8. The smallest absolute Gasteiger partial charge is 0.320 e. The highest BCUT2D eigenvalue weighted by molar-refractivity contribution is 5.81. The SMILES string of the molecule is CCN(C)CC(=O)CCOC(=O)CN(C)CCN(CC)CC(=O)NCCOCCNC(=O)Cn1cc(C)cc1O. The largest absolute Gasteiger partial charge is 0.494 e. The van der Waals surface area contributed by atoms with Crippen LogP contribution in [-0.2, 0) is 35.2 Å². The first kappa shape index (κ1) is 35.0. The summed E-state index contributed by atoms with van der Waals surface area (Å²) in [6, 6.07) is 1.59. The molecule has 0 radical (unpaired) electrons. The van der Waals surface area contributed by atoms with E-state index in [4.69, 9.17) is 9.47 Å². The number of ketones is 1. The van der Waals surface area contributed by atoms with Crippen LogP contribution < -0.4 is 10.6 Å². The summed E-state index contributed by atoms with van der Waals surface area (Å²) in [5.41, 5.74) is 0.875. The zero-order chi connectivity index (χ0) is 29.9. The van der Waals surface area contributed by atoms with Crippen molar-refractivity contribution < 1.29 is 33.8 Å².